The summed E-state index contributed by atoms with van der Waals surface area (Å²) in [5.41, 5.74) is 3.20. The number of aliphatic hydroxyl groups excluding tert-OH is 1. The lowest BCUT2D eigenvalue weighted by Gasteiger charge is -2.35. The summed E-state index contributed by atoms with van der Waals surface area (Å²) < 4.78 is 14.5. The van der Waals surface area contributed by atoms with Crippen molar-refractivity contribution in [2.45, 2.75) is 58.4 Å². The quantitative estimate of drug-likeness (QED) is 0.245. The molecule has 1 saturated heterocycles. The van der Waals surface area contributed by atoms with Crippen LogP contribution in [0, 0.1) is 5.92 Å². The summed E-state index contributed by atoms with van der Waals surface area (Å²) >= 11 is 3.55. The zero-order chi connectivity index (χ0) is 31.0. The number of imidazole rings is 1. The van der Waals surface area contributed by atoms with Gasteiger partial charge in [-0.05, 0) is 82.4 Å². The topological polar surface area (TPSA) is 106 Å². The molecule has 4 heterocycles. The van der Waals surface area contributed by atoms with Gasteiger partial charge in [0.15, 0.2) is 17.8 Å². The summed E-state index contributed by atoms with van der Waals surface area (Å²) in [6, 6.07) is 13.8. The first kappa shape index (κ1) is 30.1. The van der Waals surface area contributed by atoms with E-state index in [-0.39, 0.29) is 12.1 Å². The third-order valence-electron chi connectivity index (χ3n) is 7.98. The zero-order valence-corrected chi connectivity index (χ0v) is 26.9. The number of carbonyl (C=O) groups is 1. The van der Waals surface area contributed by atoms with Crippen molar-refractivity contribution in [2.75, 3.05) is 24.6 Å². The SMILES string of the molecule is CC(c1cccc(-c2ncc(OCC3CCN(C(=O)OC(C)(C)C)CC3)cn2)c1)N1c2nc3ccc(Br)cc3n2C=CC1O. The maximum absolute atomic E-state index is 12.3. The van der Waals surface area contributed by atoms with Crippen LogP contribution < -0.4 is 9.64 Å². The van der Waals surface area contributed by atoms with Crippen LogP contribution in [-0.4, -0.2) is 67.1 Å². The molecule has 0 bridgehead atoms. The molecule has 1 fully saturated rings. The fourth-order valence-electron chi connectivity index (χ4n) is 5.62. The summed E-state index contributed by atoms with van der Waals surface area (Å²) in [5, 5.41) is 11.0. The standard InChI is InChI=1S/C33H37BrN6O4/c1-21(40-29(41)12-15-39-28-17-25(34)8-9-27(28)37-31(39)40)23-6-5-7-24(16-23)30-35-18-26(19-36-30)43-20-22-10-13-38(14-11-22)32(42)44-33(2,3)4/h5-9,12,15-19,21-22,29,41H,10-11,13-14,20H2,1-4H3. The molecule has 0 saturated carbocycles. The maximum Gasteiger partial charge on any atom is 0.410 e. The first-order chi connectivity index (χ1) is 21.1. The first-order valence-corrected chi connectivity index (χ1v) is 15.7. The van der Waals surface area contributed by atoms with E-state index in [1.807, 2.05) is 78.9 Å². The number of nitrogens with zero attached hydrogens (tertiary/aromatic N) is 6. The Bertz CT molecular complexity index is 1670. The van der Waals surface area contributed by atoms with Gasteiger partial charge in [0.1, 0.15) is 5.60 Å². The number of aromatic nitrogens is 4. The molecule has 4 aromatic rings. The van der Waals surface area contributed by atoms with E-state index in [4.69, 9.17) is 14.5 Å². The molecule has 2 aromatic heterocycles. The van der Waals surface area contributed by atoms with Gasteiger partial charge < -0.3 is 24.4 Å². The summed E-state index contributed by atoms with van der Waals surface area (Å²) in [7, 11) is 0. The van der Waals surface area contributed by atoms with Crippen molar-refractivity contribution < 1.29 is 19.4 Å². The van der Waals surface area contributed by atoms with E-state index in [1.54, 1.807) is 23.4 Å². The molecule has 6 rings (SSSR count). The van der Waals surface area contributed by atoms with Crippen LogP contribution in [0.15, 0.2) is 65.4 Å². The number of likely N-dealkylation sites (tertiary alicyclic amines) is 1. The van der Waals surface area contributed by atoms with Crippen molar-refractivity contribution >= 4 is 45.2 Å². The summed E-state index contributed by atoms with van der Waals surface area (Å²) in [5.74, 6) is 2.23. The summed E-state index contributed by atoms with van der Waals surface area (Å²) in [4.78, 5) is 30.0. The van der Waals surface area contributed by atoms with E-state index in [0.29, 0.717) is 43.1 Å². The highest BCUT2D eigenvalue weighted by molar-refractivity contribution is 9.10. The molecule has 2 aromatic carbocycles. The molecule has 0 spiro atoms. The number of piperidine rings is 1. The molecule has 1 amide bonds. The number of halogens is 1. The lowest BCUT2D eigenvalue weighted by atomic mass is 9.98. The number of anilines is 1. The minimum absolute atomic E-state index is 0.182. The number of rotatable bonds is 6. The van der Waals surface area contributed by atoms with E-state index in [9.17, 15) is 9.90 Å². The van der Waals surface area contributed by atoms with Crippen LogP contribution in [0.2, 0.25) is 0 Å². The Hall–Kier alpha value is -3.96. The van der Waals surface area contributed by atoms with Crippen molar-refractivity contribution in [1.29, 1.82) is 0 Å². The molecule has 230 valence electrons. The Balaban J connectivity index is 1.09. The number of aliphatic hydroxyl groups is 1. The van der Waals surface area contributed by atoms with E-state index >= 15 is 0 Å². The molecule has 0 aliphatic carbocycles. The second-order valence-corrected chi connectivity index (χ2v) is 13.3. The predicted molar refractivity (Wildman–Crippen MR) is 173 cm³/mol. The van der Waals surface area contributed by atoms with Crippen molar-refractivity contribution in [2.24, 2.45) is 5.92 Å². The van der Waals surface area contributed by atoms with E-state index in [2.05, 4.69) is 32.8 Å². The van der Waals surface area contributed by atoms with Gasteiger partial charge in [-0.25, -0.2) is 19.7 Å². The molecule has 11 heteroatoms. The van der Waals surface area contributed by atoms with Crippen molar-refractivity contribution in [1.82, 2.24) is 24.4 Å². The van der Waals surface area contributed by atoms with E-state index in [1.165, 1.54) is 0 Å². The van der Waals surface area contributed by atoms with E-state index < -0.39 is 11.8 Å². The molecule has 2 aliphatic heterocycles. The molecule has 44 heavy (non-hydrogen) atoms. The average Bonchev–Trinajstić information content (AvgIpc) is 3.37. The highest BCUT2D eigenvalue weighted by atomic mass is 79.9. The first-order valence-electron chi connectivity index (χ1n) is 14.9. The number of benzene rings is 2. The van der Waals surface area contributed by atoms with Gasteiger partial charge in [-0.15, -0.1) is 0 Å². The van der Waals surface area contributed by atoms with Crippen molar-refractivity contribution in [3.05, 3.63) is 71.0 Å². The Morgan fingerprint density at radius 2 is 1.86 bits per heavy atom. The summed E-state index contributed by atoms with van der Waals surface area (Å²) in [6.07, 6.45) is 7.68. The number of hydrogen-bond acceptors (Lipinski definition) is 8. The van der Waals surface area contributed by atoms with Crippen LogP contribution in [0.25, 0.3) is 28.6 Å². The number of amides is 1. The van der Waals surface area contributed by atoms with Gasteiger partial charge >= 0.3 is 6.09 Å². The Labute approximate surface area is 265 Å². The van der Waals surface area contributed by atoms with Crippen LogP contribution in [0.3, 0.4) is 0 Å². The largest absolute Gasteiger partial charge is 0.490 e. The van der Waals surface area contributed by atoms with Crippen LogP contribution >= 0.6 is 15.9 Å². The third-order valence-corrected chi connectivity index (χ3v) is 8.47. The third kappa shape index (κ3) is 6.44. The van der Waals surface area contributed by atoms with Gasteiger partial charge in [-0.1, -0.05) is 34.1 Å². The van der Waals surface area contributed by atoms with Gasteiger partial charge in [-0.3, -0.25) is 4.57 Å². The molecule has 2 unspecified atom stereocenters. The molecule has 1 N–H and O–H groups in total. The van der Waals surface area contributed by atoms with Gasteiger partial charge in [0.25, 0.3) is 0 Å². The number of fused-ring (bicyclic) bond motifs is 3. The van der Waals surface area contributed by atoms with Crippen molar-refractivity contribution in [3.8, 4) is 17.1 Å². The Morgan fingerprint density at radius 3 is 2.59 bits per heavy atom. The van der Waals surface area contributed by atoms with Gasteiger partial charge in [0.05, 0.1) is 36.1 Å². The van der Waals surface area contributed by atoms with Crippen LogP contribution in [0.5, 0.6) is 5.75 Å². The second-order valence-electron chi connectivity index (χ2n) is 12.3. The minimum Gasteiger partial charge on any atom is -0.490 e. The number of carbonyl (C=O) groups excluding carboxylic acids is 1. The zero-order valence-electron chi connectivity index (χ0n) is 25.4. The fraction of sp³-hybridized carbons (Fsp3) is 0.394. The van der Waals surface area contributed by atoms with Gasteiger partial charge in [0, 0.05) is 29.3 Å². The van der Waals surface area contributed by atoms with Crippen LogP contribution in [0.1, 0.15) is 52.1 Å². The lowest BCUT2D eigenvalue weighted by Crippen LogP contribution is -2.42. The minimum atomic E-state index is -0.821. The Morgan fingerprint density at radius 1 is 1.11 bits per heavy atom. The Kier molecular flexibility index (Phi) is 8.34. The normalized spacial score (nSPS) is 17.9. The predicted octanol–water partition coefficient (Wildman–Crippen LogP) is 6.65. The molecule has 2 atom stereocenters. The maximum atomic E-state index is 12.3. The number of ether oxygens (including phenoxy) is 2. The second kappa shape index (κ2) is 12.2. The number of hydrogen-bond donors (Lipinski definition) is 1. The average molecular weight is 662 g/mol. The van der Waals surface area contributed by atoms with Gasteiger partial charge in [-0.2, -0.15) is 0 Å². The molecule has 0 radical (unpaired) electrons. The van der Waals surface area contributed by atoms with Crippen LogP contribution in [-0.2, 0) is 4.74 Å². The summed E-state index contributed by atoms with van der Waals surface area (Å²) in [6.45, 7) is 9.56. The monoisotopic (exact) mass is 660 g/mol. The van der Waals surface area contributed by atoms with Crippen LogP contribution in [0.4, 0.5) is 10.7 Å². The molecule has 2 aliphatic rings. The van der Waals surface area contributed by atoms with E-state index in [0.717, 1.165) is 39.5 Å². The highest BCUT2D eigenvalue weighted by Gasteiger charge is 2.30. The lowest BCUT2D eigenvalue weighted by molar-refractivity contribution is 0.0165. The highest BCUT2D eigenvalue weighted by Crippen LogP contribution is 2.36. The fourth-order valence-corrected chi connectivity index (χ4v) is 5.97. The van der Waals surface area contributed by atoms with Crippen molar-refractivity contribution in [3.63, 3.8) is 0 Å². The smallest absolute Gasteiger partial charge is 0.410 e. The van der Waals surface area contributed by atoms with Gasteiger partial charge in [0.2, 0.25) is 5.95 Å². The molecule has 10 nitrogen and oxygen atoms in total. The molecular formula is C33H37BrN6O4. The molecular weight excluding hydrogens is 624 g/mol.